The maximum absolute atomic E-state index is 13.6. The summed E-state index contributed by atoms with van der Waals surface area (Å²) < 4.78 is 15.6. The van der Waals surface area contributed by atoms with E-state index in [9.17, 15) is 4.39 Å². The van der Waals surface area contributed by atoms with Gasteiger partial charge in [0, 0.05) is 23.2 Å². The number of hydrogen-bond acceptors (Lipinski definition) is 0. The van der Waals surface area contributed by atoms with Crippen LogP contribution in [0.5, 0.6) is 0 Å². The van der Waals surface area contributed by atoms with Gasteiger partial charge in [0.2, 0.25) is 0 Å². The zero-order valence-electron chi connectivity index (χ0n) is 9.61. The third-order valence-corrected chi connectivity index (χ3v) is 3.43. The SMILES string of the molecule is Fc1cccc2c1ccn2Cc1ccccc1Cl. The maximum Gasteiger partial charge on any atom is 0.132 e. The number of aromatic nitrogens is 1. The molecule has 1 heterocycles. The van der Waals surface area contributed by atoms with Crippen LogP contribution in [0.15, 0.2) is 54.7 Å². The molecule has 0 aliphatic carbocycles. The number of benzene rings is 2. The van der Waals surface area contributed by atoms with Gasteiger partial charge in [0.1, 0.15) is 5.82 Å². The van der Waals surface area contributed by atoms with Crippen molar-refractivity contribution in [2.24, 2.45) is 0 Å². The van der Waals surface area contributed by atoms with Crippen molar-refractivity contribution in [1.82, 2.24) is 4.57 Å². The fourth-order valence-electron chi connectivity index (χ4n) is 2.13. The maximum atomic E-state index is 13.6. The van der Waals surface area contributed by atoms with E-state index in [0.717, 1.165) is 16.1 Å². The predicted octanol–water partition coefficient (Wildman–Crippen LogP) is 4.48. The van der Waals surface area contributed by atoms with Crippen LogP contribution in [0, 0.1) is 5.82 Å². The van der Waals surface area contributed by atoms with Crippen molar-refractivity contribution < 1.29 is 4.39 Å². The molecule has 0 amide bonds. The molecule has 1 nitrogen and oxygen atoms in total. The molecule has 90 valence electrons. The van der Waals surface area contributed by atoms with Gasteiger partial charge in [0.15, 0.2) is 0 Å². The molecule has 3 rings (SSSR count). The minimum atomic E-state index is -0.189. The average Bonchev–Trinajstić information content (AvgIpc) is 2.77. The highest BCUT2D eigenvalue weighted by atomic mass is 35.5. The Kier molecular flexibility index (Phi) is 2.80. The van der Waals surface area contributed by atoms with E-state index in [1.54, 1.807) is 12.1 Å². The first-order valence-electron chi connectivity index (χ1n) is 5.72. The van der Waals surface area contributed by atoms with Crippen LogP contribution in [-0.4, -0.2) is 4.57 Å². The second kappa shape index (κ2) is 4.46. The van der Waals surface area contributed by atoms with Crippen LogP contribution in [0.25, 0.3) is 10.9 Å². The fourth-order valence-corrected chi connectivity index (χ4v) is 2.33. The summed E-state index contributed by atoms with van der Waals surface area (Å²) in [5, 5.41) is 1.38. The molecule has 0 aliphatic heterocycles. The molecule has 3 heteroatoms. The van der Waals surface area contributed by atoms with E-state index >= 15 is 0 Å². The summed E-state index contributed by atoms with van der Waals surface area (Å²) in [6.07, 6.45) is 1.89. The van der Waals surface area contributed by atoms with Crippen molar-refractivity contribution >= 4 is 22.5 Å². The summed E-state index contributed by atoms with van der Waals surface area (Å²) >= 11 is 6.14. The van der Waals surface area contributed by atoms with Crippen LogP contribution in [0.1, 0.15) is 5.56 Å². The monoisotopic (exact) mass is 259 g/mol. The zero-order chi connectivity index (χ0) is 12.5. The highest BCUT2D eigenvalue weighted by Crippen LogP contribution is 2.22. The standard InChI is InChI=1S/C15H11ClFN/c16-13-5-2-1-4-11(13)10-18-9-8-12-14(17)6-3-7-15(12)18/h1-9H,10H2. The lowest BCUT2D eigenvalue weighted by Gasteiger charge is -2.07. The zero-order valence-corrected chi connectivity index (χ0v) is 10.4. The number of halogens is 2. The molecule has 0 saturated carbocycles. The molecule has 0 fully saturated rings. The van der Waals surface area contributed by atoms with Crippen molar-refractivity contribution in [3.63, 3.8) is 0 Å². The third-order valence-electron chi connectivity index (χ3n) is 3.06. The van der Waals surface area contributed by atoms with Crippen LogP contribution in [-0.2, 0) is 6.54 Å². The molecule has 0 N–H and O–H groups in total. The summed E-state index contributed by atoms with van der Waals surface area (Å²) in [4.78, 5) is 0. The minimum Gasteiger partial charge on any atom is -0.343 e. The number of fused-ring (bicyclic) bond motifs is 1. The van der Waals surface area contributed by atoms with Crippen LogP contribution in [0.3, 0.4) is 0 Å². The van der Waals surface area contributed by atoms with E-state index in [-0.39, 0.29) is 5.82 Å². The molecule has 0 unspecified atom stereocenters. The van der Waals surface area contributed by atoms with Crippen molar-refractivity contribution in [3.05, 3.63) is 71.1 Å². The van der Waals surface area contributed by atoms with E-state index in [1.807, 2.05) is 41.1 Å². The van der Waals surface area contributed by atoms with Crippen molar-refractivity contribution in [1.29, 1.82) is 0 Å². The average molecular weight is 260 g/mol. The topological polar surface area (TPSA) is 4.93 Å². The van der Waals surface area contributed by atoms with Crippen molar-refractivity contribution in [2.75, 3.05) is 0 Å². The van der Waals surface area contributed by atoms with E-state index < -0.39 is 0 Å². The minimum absolute atomic E-state index is 0.189. The first kappa shape index (κ1) is 11.3. The quantitative estimate of drug-likeness (QED) is 0.639. The Bertz CT molecular complexity index is 703. The molecule has 3 aromatic rings. The van der Waals surface area contributed by atoms with Gasteiger partial charge in [-0.1, -0.05) is 35.9 Å². The summed E-state index contributed by atoms with van der Waals surface area (Å²) in [6.45, 7) is 0.645. The second-order valence-electron chi connectivity index (χ2n) is 4.21. The van der Waals surface area contributed by atoms with Crippen LogP contribution in [0.2, 0.25) is 5.02 Å². The molecule has 1 aromatic heterocycles. The molecule has 18 heavy (non-hydrogen) atoms. The van der Waals surface area contributed by atoms with Gasteiger partial charge in [-0.2, -0.15) is 0 Å². The van der Waals surface area contributed by atoms with Gasteiger partial charge in [0.25, 0.3) is 0 Å². The van der Waals surface area contributed by atoms with Crippen molar-refractivity contribution in [2.45, 2.75) is 6.54 Å². The van der Waals surface area contributed by atoms with Crippen LogP contribution < -0.4 is 0 Å². The van der Waals surface area contributed by atoms with Gasteiger partial charge >= 0.3 is 0 Å². The summed E-state index contributed by atoms with van der Waals surface area (Å²) in [5.41, 5.74) is 1.91. The second-order valence-corrected chi connectivity index (χ2v) is 4.61. The highest BCUT2D eigenvalue weighted by Gasteiger charge is 2.06. The Morgan fingerprint density at radius 3 is 2.67 bits per heavy atom. The first-order chi connectivity index (χ1) is 8.75. The van der Waals surface area contributed by atoms with Gasteiger partial charge in [-0.25, -0.2) is 4.39 Å². The van der Waals surface area contributed by atoms with Gasteiger partial charge < -0.3 is 4.57 Å². The molecular weight excluding hydrogens is 249 g/mol. The normalized spacial score (nSPS) is 11.0. The number of rotatable bonds is 2. The summed E-state index contributed by atoms with van der Waals surface area (Å²) in [5.74, 6) is -0.189. The first-order valence-corrected chi connectivity index (χ1v) is 6.10. The predicted molar refractivity (Wildman–Crippen MR) is 72.5 cm³/mol. The Balaban J connectivity index is 2.06. The molecule has 0 aliphatic rings. The molecule has 0 saturated heterocycles. The number of hydrogen-bond donors (Lipinski definition) is 0. The molecule has 2 aromatic carbocycles. The van der Waals surface area contributed by atoms with Crippen LogP contribution in [0.4, 0.5) is 4.39 Å². The summed E-state index contributed by atoms with van der Waals surface area (Å²) in [6, 6.07) is 14.6. The molecular formula is C15H11ClFN. The van der Waals surface area contributed by atoms with Gasteiger partial charge in [-0.3, -0.25) is 0 Å². The van der Waals surface area contributed by atoms with Gasteiger partial charge in [0.05, 0.1) is 5.52 Å². The molecule has 0 bridgehead atoms. The lowest BCUT2D eigenvalue weighted by Crippen LogP contribution is -1.98. The highest BCUT2D eigenvalue weighted by molar-refractivity contribution is 6.31. The Morgan fingerprint density at radius 1 is 1.00 bits per heavy atom. The number of nitrogens with zero attached hydrogens (tertiary/aromatic N) is 1. The van der Waals surface area contributed by atoms with Gasteiger partial charge in [-0.15, -0.1) is 0 Å². The Labute approximate surface area is 109 Å². The van der Waals surface area contributed by atoms with E-state index in [2.05, 4.69) is 0 Å². The Hall–Kier alpha value is -1.80. The van der Waals surface area contributed by atoms with E-state index in [0.29, 0.717) is 11.9 Å². The van der Waals surface area contributed by atoms with E-state index in [4.69, 9.17) is 11.6 Å². The summed E-state index contributed by atoms with van der Waals surface area (Å²) in [7, 11) is 0. The van der Waals surface area contributed by atoms with Gasteiger partial charge in [-0.05, 0) is 29.8 Å². The molecule has 0 radical (unpaired) electrons. The van der Waals surface area contributed by atoms with Crippen molar-refractivity contribution in [3.8, 4) is 0 Å². The van der Waals surface area contributed by atoms with Crippen LogP contribution >= 0.6 is 11.6 Å². The lowest BCUT2D eigenvalue weighted by atomic mass is 10.2. The largest absolute Gasteiger partial charge is 0.343 e. The van der Waals surface area contributed by atoms with E-state index in [1.165, 1.54) is 6.07 Å². The molecule has 0 atom stereocenters. The fraction of sp³-hybridized carbons (Fsp3) is 0.0667. The third kappa shape index (κ3) is 1.89. The lowest BCUT2D eigenvalue weighted by molar-refractivity contribution is 0.639. The Morgan fingerprint density at radius 2 is 1.83 bits per heavy atom. The molecule has 0 spiro atoms. The smallest absolute Gasteiger partial charge is 0.132 e.